The largest absolute Gasteiger partial charge is 0.497 e. The van der Waals surface area contributed by atoms with Gasteiger partial charge in [0, 0.05) is 6.54 Å². The Bertz CT molecular complexity index is 911. The van der Waals surface area contributed by atoms with E-state index in [1.54, 1.807) is 19.2 Å². The second-order valence-corrected chi connectivity index (χ2v) is 8.30. The van der Waals surface area contributed by atoms with Crippen LogP contribution < -0.4 is 19.1 Å². The van der Waals surface area contributed by atoms with Crippen LogP contribution in [-0.4, -0.2) is 47.9 Å². The van der Waals surface area contributed by atoms with E-state index in [-0.39, 0.29) is 12.5 Å². The molecule has 0 spiro atoms. The molecule has 0 atom stereocenters. The molecule has 0 fully saturated rings. The summed E-state index contributed by atoms with van der Waals surface area (Å²) in [5.41, 5.74) is 2.25. The van der Waals surface area contributed by atoms with Gasteiger partial charge in [-0.3, -0.25) is 9.10 Å². The summed E-state index contributed by atoms with van der Waals surface area (Å²) in [7, 11) is -0.604. The number of carbonyl (C=O) groups is 1. The van der Waals surface area contributed by atoms with E-state index in [4.69, 9.17) is 9.47 Å². The van der Waals surface area contributed by atoms with Gasteiger partial charge >= 0.3 is 0 Å². The Labute approximate surface area is 166 Å². The number of rotatable bonds is 9. The number of benzene rings is 2. The van der Waals surface area contributed by atoms with Gasteiger partial charge < -0.3 is 14.8 Å². The van der Waals surface area contributed by atoms with E-state index < -0.39 is 10.0 Å². The lowest BCUT2D eigenvalue weighted by Gasteiger charge is -2.24. The van der Waals surface area contributed by atoms with Gasteiger partial charge in [0.1, 0.15) is 18.0 Å². The van der Waals surface area contributed by atoms with Gasteiger partial charge in [-0.1, -0.05) is 18.2 Å². The molecule has 0 heterocycles. The zero-order chi connectivity index (χ0) is 20.7. The highest BCUT2D eigenvalue weighted by molar-refractivity contribution is 7.92. The van der Waals surface area contributed by atoms with Gasteiger partial charge in [0.25, 0.3) is 0 Å². The fraction of sp³-hybridized carbons (Fsp3) is 0.350. The first kappa shape index (κ1) is 21.6. The minimum Gasteiger partial charge on any atom is -0.497 e. The Balaban J connectivity index is 2.04. The number of methoxy groups -OCH3 is 2. The Morgan fingerprint density at radius 3 is 2.32 bits per heavy atom. The number of anilines is 1. The summed E-state index contributed by atoms with van der Waals surface area (Å²) in [5.74, 6) is 0.772. The van der Waals surface area contributed by atoms with Crippen LogP contribution in [-0.2, 0) is 21.2 Å². The number of nitrogens with one attached hydrogen (secondary N) is 1. The third-order valence-electron chi connectivity index (χ3n) is 4.19. The summed E-state index contributed by atoms with van der Waals surface area (Å²) in [6, 6.07) is 12.7. The minimum atomic E-state index is -3.67. The molecule has 28 heavy (non-hydrogen) atoms. The van der Waals surface area contributed by atoms with Crippen molar-refractivity contribution in [1.29, 1.82) is 0 Å². The number of carbonyl (C=O) groups excluding carboxylic acids is 1. The van der Waals surface area contributed by atoms with Crippen LogP contribution in [0.25, 0.3) is 0 Å². The van der Waals surface area contributed by atoms with Crippen molar-refractivity contribution in [2.45, 2.75) is 13.3 Å². The zero-order valence-electron chi connectivity index (χ0n) is 16.6. The highest BCUT2D eigenvalue weighted by Gasteiger charge is 2.24. The van der Waals surface area contributed by atoms with Crippen molar-refractivity contribution < 1.29 is 22.7 Å². The molecule has 0 saturated carbocycles. The monoisotopic (exact) mass is 406 g/mol. The van der Waals surface area contributed by atoms with E-state index in [0.717, 1.165) is 27.4 Å². The second-order valence-electron chi connectivity index (χ2n) is 6.39. The fourth-order valence-corrected chi connectivity index (χ4v) is 3.55. The maximum atomic E-state index is 12.4. The van der Waals surface area contributed by atoms with Crippen LogP contribution >= 0.6 is 0 Å². The minimum absolute atomic E-state index is 0.318. The molecule has 0 bridgehead atoms. The maximum Gasteiger partial charge on any atom is 0.240 e. The van der Waals surface area contributed by atoms with Crippen LogP contribution in [0.2, 0.25) is 0 Å². The predicted octanol–water partition coefficient (Wildman–Crippen LogP) is 2.14. The highest BCUT2D eigenvalue weighted by atomic mass is 32.2. The molecule has 152 valence electrons. The molecular weight excluding hydrogens is 380 g/mol. The third kappa shape index (κ3) is 5.88. The highest BCUT2D eigenvalue weighted by Crippen LogP contribution is 2.30. The first-order valence-corrected chi connectivity index (χ1v) is 10.6. The van der Waals surface area contributed by atoms with Crippen molar-refractivity contribution in [3.63, 3.8) is 0 Å². The van der Waals surface area contributed by atoms with Gasteiger partial charge in [-0.05, 0) is 48.7 Å². The van der Waals surface area contributed by atoms with Gasteiger partial charge in [0.05, 0.1) is 26.2 Å². The van der Waals surface area contributed by atoms with Gasteiger partial charge in [-0.15, -0.1) is 0 Å². The molecular formula is C20H26N2O5S. The molecule has 0 saturated heterocycles. The molecule has 0 aliphatic heterocycles. The molecule has 1 N–H and O–H groups in total. The smallest absolute Gasteiger partial charge is 0.240 e. The lowest BCUT2D eigenvalue weighted by atomic mass is 10.1. The molecule has 0 aromatic heterocycles. The molecule has 7 nitrogen and oxygen atoms in total. The normalized spacial score (nSPS) is 11.0. The second kappa shape index (κ2) is 9.45. The predicted molar refractivity (Wildman–Crippen MR) is 110 cm³/mol. The van der Waals surface area contributed by atoms with Crippen molar-refractivity contribution >= 4 is 21.6 Å². The van der Waals surface area contributed by atoms with Crippen LogP contribution in [0.5, 0.6) is 11.5 Å². The van der Waals surface area contributed by atoms with Crippen molar-refractivity contribution in [1.82, 2.24) is 5.32 Å². The molecule has 2 aromatic rings. The third-order valence-corrected chi connectivity index (χ3v) is 5.31. The zero-order valence-corrected chi connectivity index (χ0v) is 17.4. The Morgan fingerprint density at radius 2 is 1.75 bits per heavy atom. The van der Waals surface area contributed by atoms with E-state index in [9.17, 15) is 13.2 Å². The van der Waals surface area contributed by atoms with E-state index >= 15 is 0 Å². The molecule has 1 amide bonds. The first-order chi connectivity index (χ1) is 13.2. The van der Waals surface area contributed by atoms with Crippen LogP contribution in [0.3, 0.4) is 0 Å². The molecule has 0 aliphatic carbocycles. The van der Waals surface area contributed by atoms with Crippen molar-refractivity contribution in [2.75, 3.05) is 37.9 Å². The number of sulfonamides is 1. The number of hydrogen-bond donors (Lipinski definition) is 1. The molecule has 0 radical (unpaired) electrons. The van der Waals surface area contributed by atoms with Crippen molar-refractivity contribution in [2.24, 2.45) is 0 Å². The first-order valence-electron chi connectivity index (χ1n) is 8.76. The van der Waals surface area contributed by atoms with E-state index in [0.29, 0.717) is 24.4 Å². The maximum absolute atomic E-state index is 12.4. The summed E-state index contributed by atoms with van der Waals surface area (Å²) in [6.07, 6.45) is 1.70. The van der Waals surface area contributed by atoms with Crippen LogP contribution in [0.15, 0.2) is 42.5 Å². The molecule has 8 heteroatoms. The van der Waals surface area contributed by atoms with E-state index in [1.165, 1.54) is 7.11 Å². The number of ether oxygens (including phenoxy) is 2. The summed E-state index contributed by atoms with van der Waals surface area (Å²) in [6.45, 7) is 1.92. The van der Waals surface area contributed by atoms with Crippen molar-refractivity contribution in [3.8, 4) is 11.5 Å². The lowest BCUT2D eigenvalue weighted by Crippen LogP contribution is -2.41. The summed E-state index contributed by atoms with van der Waals surface area (Å²) in [4.78, 5) is 12.4. The van der Waals surface area contributed by atoms with E-state index in [2.05, 4.69) is 5.32 Å². The lowest BCUT2D eigenvalue weighted by molar-refractivity contribution is -0.119. The molecule has 0 unspecified atom stereocenters. The van der Waals surface area contributed by atoms with Crippen molar-refractivity contribution in [3.05, 3.63) is 53.6 Å². The van der Waals surface area contributed by atoms with Gasteiger partial charge in [-0.25, -0.2) is 8.42 Å². The van der Waals surface area contributed by atoms with Gasteiger partial charge in [0.15, 0.2) is 0 Å². The SMILES string of the molecule is COc1ccc(CCNC(=O)CN(c2cc(C)ccc2OC)S(C)(=O)=O)cc1. The van der Waals surface area contributed by atoms with Crippen LogP contribution in [0, 0.1) is 6.92 Å². The number of hydrogen-bond acceptors (Lipinski definition) is 5. The summed E-state index contributed by atoms with van der Waals surface area (Å²) >= 11 is 0. The summed E-state index contributed by atoms with van der Waals surface area (Å²) in [5, 5.41) is 2.77. The molecule has 2 rings (SSSR count). The number of nitrogens with zero attached hydrogens (tertiary/aromatic N) is 1. The average Bonchev–Trinajstić information content (AvgIpc) is 2.65. The average molecular weight is 407 g/mol. The summed E-state index contributed by atoms with van der Waals surface area (Å²) < 4.78 is 36.0. The fourth-order valence-electron chi connectivity index (χ4n) is 2.70. The van der Waals surface area contributed by atoms with E-state index in [1.807, 2.05) is 37.3 Å². The molecule has 2 aromatic carbocycles. The Morgan fingerprint density at radius 1 is 1.07 bits per heavy atom. The quantitative estimate of drug-likeness (QED) is 0.690. The Hall–Kier alpha value is -2.74. The molecule has 0 aliphatic rings. The standard InChI is InChI=1S/C20H26N2O5S/c1-15-5-10-19(27-3)18(13-15)22(28(4,24)25)14-20(23)21-12-11-16-6-8-17(26-2)9-7-16/h5-10,13H,11-12,14H2,1-4H3,(H,21,23). The number of amides is 1. The van der Waals surface area contributed by atoms with Crippen LogP contribution in [0.4, 0.5) is 5.69 Å². The van der Waals surface area contributed by atoms with Crippen LogP contribution in [0.1, 0.15) is 11.1 Å². The van der Waals surface area contributed by atoms with Gasteiger partial charge in [0.2, 0.25) is 15.9 Å². The topological polar surface area (TPSA) is 84.9 Å². The van der Waals surface area contributed by atoms with Gasteiger partial charge in [-0.2, -0.15) is 0 Å². The number of aryl methyl sites for hydroxylation is 1. The Kier molecular flexibility index (Phi) is 7.28.